The molecule has 19 heavy (non-hydrogen) atoms. The van der Waals surface area contributed by atoms with Gasteiger partial charge in [0.25, 0.3) is 0 Å². The van der Waals surface area contributed by atoms with Gasteiger partial charge in [-0.05, 0) is 13.0 Å². The Hall–Kier alpha value is -1.12. The third-order valence-corrected chi connectivity index (χ3v) is 5.32. The van der Waals surface area contributed by atoms with Crippen molar-refractivity contribution in [3.63, 3.8) is 0 Å². The molecule has 0 saturated carbocycles. The first-order valence-electron chi connectivity index (χ1n) is 5.34. The molecule has 3 atom stereocenters. The predicted octanol–water partition coefficient (Wildman–Crippen LogP) is 1.11. The molecule has 1 aromatic carbocycles. The quantitative estimate of drug-likeness (QED) is 0.814. The first kappa shape index (κ1) is 14.3. The number of hydrogen-bond donors (Lipinski definition) is 2. The maximum absolute atomic E-state index is 12.5. The van der Waals surface area contributed by atoms with Crippen molar-refractivity contribution < 1.29 is 31.8 Å². The van der Waals surface area contributed by atoms with E-state index in [1.54, 1.807) is 6.92 Å². The zero-order valence-corrected chi connectivity index (χ0v) is 10.5. The molecule has 8 heteroatoms. The van der Waals surface area contributed by atoms with Crippen LogP contribution in [0.5, 0.6) is 0 Å². The maximum atomic E-state index is 12.5. The lowest BCUT2D eigenvalue weighted by Gasteiger charge is -2.22. The summed E-state index contributed by atoms with van der Waals surface area (Å²) in [5, 5.41) is 16.6. The third-order valence-electron chi connectivity index (χ3n) is 3.11. The van der Waals surface area contributed by atoms with E-state index in [2.05, 4.69) is 0 Å². The summed E-state index contributed by atoms with van der Waals surface area (Å²) in [7, 11) is -4.41. The molecule has 0 amide bonds. The number of fused-ring (bicyclic) bond motifs is 1. The van der Waals surface area contributed by atoms with E-state index in [9.17, 15) is 26.7 Å². The molecule has 3 unspecified atom stereocenters. The summed E-state index contributed by atoms with van der Waals surface area (Å²) in [6.45, 7) is 1.62. The lowest BCUT2D eigenvalue weighted by molar-refractivity contribution is -0.209. The van der Waals surface area contributed by atoms with Crippen LogP contribution in [-0.2, 0) is 9.84 Å². The molecule has 2 rings (SSSR count). The number of aliphatic hydroxyl groups is 2. The standard InChI is InChI=1S/C11H11F3O4S/c1-5-2-3-7-6(4-5)8(15)9(19(7,17)18)10(16)11(12,13)14/h2-4,8-10,15-16H,1H3. The van der Waals surface area contributed by atoms with E-state index >= 15 is 0 Å². The number of aliphatic hydroxyl groups excluding tert-OH is 2. The average Bonchev–Trinajstić information content (AvgIpc) is 2.44. The Morgan fingerprint density at radius 2 is 1.89 bits per heavy atom. The van der Waals surface area contributed by atoms with Gasteiger partial charge in [-0.25, -0.2) is 8.42 Å². The van der Waals surface area contributed by atoms with Crippen LogP contribution in [0.2, 0.25) is 0 Å². The van der Waals surface area contributed by atoms with Crippen LogP contribution in [0.15, 0.2) is 23.1 Å². The number of benzene rings is 1. The van der Waals surface area contributed by atoms with Crippen LogP contribution in [0.4, 0.5) is 13.2 Å². The van der Waals surface area contributed by atoms with E-state index in [1.165, 1.54) is 12.1 Å². The summed E-state index contributed by atoms with van der Waals surface area (Å²) in [4.78, 5) is -0.362. The van der Waals surface area contributed by atoms with Crippen LogP contribution >= 0.6 is 0 Å². The van der Waals surface area contributed by atoms with Crippen LogP contribution < -0.4 is 0 Å². The minimum Gasteiger partial charge on any atom is -0.387 e. The fraction of sp³-hybridized carbons (Fsp3) is 0.455. The summed E-state index contributed by atoms with van der Waals surface area (Å²) < 4.78 is 61.4. The molecule has 0 bridgehead atoms. The number of rotatable bonds is 1. The highest BCUT2D eigenvalue weighted by molar-refractivity contribution is 7.92. The van der Waals surface area contributed by atoms with Crippen LogP contribution in [0.25, 0.3) is 0 Å². The summed E-state index contributed by atoms with van der Waals surface area (Å²) in [6, 6.07) is 3.87. The molecular formula is C11H11F3O4S. The Balaban J connectivity index is 2.58. The van der Waals surface area contributed by atoms with Crippen LogP contribution in [0, 0.1) is 6.92 Å². The molecule has 0 aromatic heterocycles. The first-order chi connectivity index (χ1) is 8.56. The molecule has 0 aliphatic carbocycles. The van der Waals surface area contributed by atoms with Gasteiger partial charge in [0.1, 0.15) is 11.4 Å². The van der Waals surface area contributed by atoms with Gasteiger partial charge < -0.3 is 10.2 Å². The van der Waals surface area contributed by atoms with Crippen LogP contribution in [0.1, 0.15) is 17.2 Å². The fourth-order valence-corrected chi connectivity index (χ4v) is 4.22. The van der Waals surface area contributed by atoms with E-state index < -0.39 is 33.5 Å². The van der Waals surface area contributed by atoms with E-state index in [1.807, 2.05) is 0 Å². The minimum atomic E-state index is -5.12. The molecule has 0 fully saturated rings. The van der Waals surface area contributed by atoms with Crippen molar-refractivity contribution in [2.45, 2.75) is 35.5 Å². The zero-order chi connectivity index (χ0) is 14.6. The molecule has 1 aliphatic heterocycles. The lowest BCUT2D eigenvalue weighted by Crippen LogP contribution is -2.44. The predicted molar refractivity (Wildman–Crippen MR) is 59.2 cm³/mol. The zero-order valence-electron chi connectivity index (χ0n) is 9.72. The van der Waals surface area contributed by atoms with Crippen molar-refractivity contribution in [2.24, 2.45) is 0 Å². The molecule has 0 saturated heterocycles. The van der Waals surface area contributed by atoms with Crippen molar-refractivity contribution >= 4 is 9.84 Å². The van der Waals surface area contributed by atoms with Crippen molar-refractivity contribution in [1.82, 2.24) is 0 Å². The Morgan fingerprint density at radius 1 is 1.32 bits per heavy atom. The molecule has 1 aliphatic rings. The number of alkyl halides is 3. The molecule has 4 nitrogen and oxygen atoms in total. The topological polar surface area (TPSA) is 74.6 Å². The van der Waals surface area contributed by atoms with Gasteiger partial charge in [-0.2, -0.15) is 13.2 Å². The van der Waals surface area contributed by atoms with Gasteiger partial charge in [0, 0.05) is 5.56 Å². The molecule has 0 spiro atoms. The Kier molecular flexibility index (Phi) is 3.15. The largest absolute Gasteiger partial charge is 0.415 e. The normalized spacial score (nSPS) is 27.1. The average molecular weight is 296 g/mol. The van der Waals surface area contributed by atoms with Crippen molar-refractivity contribution in [3.05, 3.63) is 29.3 Å². The van der Waals surface area contributed by atoms with E-state index in [-0.39, 0.29) is 10.5 Å². The molecule has 2 N–H and O–H groups in total. The molecule has 1 heterocycles. The summed E-state index contributed by atoms with van der Waals surface area (Å²) in [5.41, 5.74) is 0.503. The van der Waals surface area contributed by atoms with Crippen molar-refractivity contribution in [2.75, 3.05) is 0 Å². The number of hydrogen-bond acceptors (Lipinski definition) is 4. The van der Waals surface area contributed by atoms with Crippen molar-refractivity contribution in [3.8, 4) is 0 Å². The minimum absolute atomic E-state index is 0.103. The van der Waals surface area contributed by atoms with E-state index in [0.717, 1.165) is 6.07 Å². The van der Waals surface area contributed by atoms with Crippen molar-refractivity contribution in [1.29, 1.82) is 0 Å². The molecular weight excluding hydrogens is 285 g/mol. The van der Waals surface area contributed by atoms with Gasteiger partial charge >= 0.3 is 6.18 Å². The number of aryl methyl sites for hydroxylation is 1. The van der Waals surface area contributed by atoms with Crippen LogP contribution in [-0.4, -0.2) is 36.2 Å². The Morgan fingerprint density at radius 3 is 2.42 bits per heavy atom. The highest BCUT2D eigenvalue weighted by Gasteiger charge is 2.56. The Bertz CT molecular complexity index is 609. The SMILES string of the molecule is Cc1ccc2c(c1)C(O)C(C(O)C(F)(F)F)S2(=O)=O. The van der Waals surface area contributed by atoms with E-state index in [0.29, 0.717) is 5.56 Å². The Labute approximate surface area is 107 Å². The summed E-state index contributed by atoms with van der Waals surface area (Å²) in [5.74, 6) is 0. The van der Waals surface area contributed by atoms with Gasteiger partial charge in [0.05, 0.1) is 4.90 Å². The highest BCUT2D eigenvalue weighted by Crippen LogP contribution is 2.43. The van der Waals surface area contributed by atoms with Gasteiger partial charge in [-0.3, -0.25) is 0 Å². The van der Waals surface area contributed by atoms with Gasteiger partial charge in [0.15, 0.2) is 15.9 Å². The highest BCUT2D eigenvalue weighted by atomic mass is 32.2. The molecule has 0 radical (unpaired) electrons. The third kappa shape index (κ3) is 2.13. The lowest BCUT2D eigenvalue weighted by atomic mass is 10.0. The van der Waals surface area contributed by atoms with Gasteiger partial charge in [0.2, 0.25) is 0 Å². The van der Waals surface area contributed by atoms with E-state index in [4.69, 9.17) is 5.11 Å². The summed E-state index contributed by atoms with van der Waals surface area (Å²) in [6.07, 6.45) is -10.1. The van der Waals surface area contributed by atoms with Crippen LogP contribution in [0.3, 0.4) is 0 Å². The summed E-state index contributed by atoms with van der Waals surface area (Å²) >= 11 is 0. The monoisotopic (exact) mass is 296 g/mol. The fourth-order valence-electron chi connectivity index (χ4n) is 2.18. The van der Waals surface area contributed by atoms with Gasteiger partial charge in [-0.15, -0.1) is 0 Å². The second kappa shape index (κ2) is 4.19. The van der Waals surface area contributed by atoms with Gasteiger partial charge in [-0.1, -0.05) is 17.7 Å². The molecule has 1 aromatic rings. The second-order valence-electron chi connectivity index (χ2n) is 4.48. The first-order valence-corrected chi connectivity index (χ1v) is 6.88. The second-order valence-corrected chi connectivity index (χ2v) is 6.56. The number of halogens is 3. The number of sulfone groups is 1. The smallest absolute Gasteiger partial charge is 0.387 e. The maximum Gasteiger partial charge on any atom is 0.415 e. The molecule has 106 valence electrons.